The van der Waals surface area contributed by atoms with Crippen LogP contribution in [0.4, 0.5) is 0 Å². The average Bonchev–Trinajstić information content (AvgIpc) is 2.70. The maximum absolute atomic E-state index is 5.55. The van der Waals surface area contributed by atoms with E-state index < -0.39 is 0 Å². The van der Waals surface area contributed by atoms with E-state index in [1.807, 2.05) is 30.6 Å². The molecular formula is C20H27N3O3. The van der Waals surface area contributed by atoms with Crippen LogP contribution in [0, 0.1) is 0 Å². The van der Waals surface area contributed by atoms with E-state index in [4.69, 9.17) is 14.2 Å². The van der Waals surface area contributed by atoms with Gasteiger partial charge in [0.15, 0.2) is 11.5 Å². The van der Waals surface area contributed by atoms with Gasteiger partial charge in [0.25, 0.3) is 0 Å². The topological polar surface area (TPSA) is 47.1 Å². The number of aromatic nitrogens is 1. The molecule has 140 valence electrons. The van der Waals surface area contributed by atoms with Crippen molar-refractivity contribution in [3.8, 4) is 17.2 Å². The third-order valence-corrected chi connectivity index (χ3v) is 4.77. The fraction of sp³-hybridized carbons (Fsp3) is 0.450. The lowest BCUT2D eigenvalue weighted by Gasteiger charge is -2.35. The van der Waals surface area contributed by atoms with Gasteiger partial charge in [0.2, 0.25) is 0 Å². The highest BCUT2D eigenvalue weighted by Crippen LogP contribution is 2.35. The second-order valence-corrected chi connectivity index (χ2v) is 6.43. The maximum Gasteiger partial charge on any atom is 0.164 e. The Hall–Kier alpha value is -2.31. The molecule has 0 amide bonds. The van der Waals surface area contributed by atoms with E-state index >= 15 is 0 Å². The van der Waals surface area contributed by atoms with Gasteiger partial charge in [-0.25, -0.2) is 0 Å². The van der Waals surface area contributed by atoms with Gasteiger partial charge in [0, 0.05) is 63.3 Å². The van der Waals surface area contributed by atoms with Crippen molar-refractivity contribution in [2.45, 2.75) is 13.1 Å². The monoisotopic (exact) mass is 357 g/mol. The molecule has 0 bridgehead atoms. The fourth-order valence-electron chi connectivity index (χ4n) is 3.31. The third kappa shape index (κ3) is 4.45. The maximum atomic E-state index is 5.55. The van der Waals surface area contributed by atoms with Crippen molar-refractivity contribution in [2.24, 2.45) is 0 Å². The molecule has 0 aliphatic carbocycles. The first-order valence-electron chi connectivity index (χ1n) is 8.86. The Morgan fingerprint density at radius 1 is 0.846 bits per heavy atom. The molecule has 0 atom stereocenters. The minimum Gasteiger partial charge on any atom is -0.496 e. The Bertz CT molecular complexity index is 701. The lowest BCUT2D eigenvalue weighted by atomic mass is 10.1. The highest BCUT2D eigenvalue weighted by Gasteiger charge is 2.20. The zero-order chi connectivity index (χ0) is 18.4. The van der Waals surface area contributed by atoms with E-state index in [9.17, 15) is 0 Å². The Balaban J connectivity index is 1.60. The highest BCUT2D eigenvalue weighted by atomic mass is 16.5. The predicted molar refractivity (Wildman–Crippen MR) is 101 cm³/mol. The van der Waals surface area contributed by atoms with Crippen molar-refractivity contribution < 1.29 is 14.2 Å². The summed E-state index contributed by atoms with van der Waals surface area (Å²) in [7, 11) is 4.99. The largest absolute Gasteiger partial charge is 0.496 e. The number of nitrogens with zero attached hydrogens (tertiary/aromatic N) is 3. The van der Waals surface area contributed by atoms with Crippen LogP contribution < -0.4 is 14.2 Å². The van der Waals surface area contributed by atoms with Crippen molar-refractivity contribution in [3.05, 3.63) is 47.8 Å². The van der Waals surface area contributed by atoms with Gasteiger partial charge in [0.1, 0.15) is 5.75 Å². The Kier molecular flexibility index (Phi) is 6.30. The number of piperazine rings is 1. The lowest BCUT2D eigenvalue weighted by molar-refractivity contribution is 0.121. The Morgan fingerprint density at radius 2 is 1.46 bits per heavy atom. The number of benzene rings is 1. The average molecular weight is 357 g/mol. The first kappa shape index (κ1) is 18.5. The van der Waals surface area contributed by atoms with Crippen LogP contribution in [0.3, 0.4) is 0 Å². The summed E-state index contributed by atoms with van der Waals surface area (Å²) in [6, 6.07) is 8.04. The molecule has 6 nitrogen and oxygen atoms in total. The molecule has 0 spiro atoms. The van der Waals surface area contributed by atoms with E-state index in [2.05, 4.69) is 20.9 Å². The fourth-order valence-corrected chi connectivity index (χ4v) is 3.31. The molecule has 26 heavy (non-hydrogen) atoms. The van der Waals surface area contributed by atoms with Gasteiger partial charge in [-0.1, -0.05) is 6.07 Å². The third-order valence-electron chi connectivity index (χ3n) is 4.77. The lowest BCUT2D eigenvalue weighted by Crippen LogP contribution is -2.45. The summed E-state index contributed by atoms with van der Waals surface area (Å²) >= 11 is 0. The predicted octanol–water partition coefficient (Wildman–Crippen LogP) is 2.43. The van der Waals surface area contributed by atoms with Crippen LogP contribution in [-0.4, -0.2) is 62.3 Å². The zero-order valence-electron chi connectivity index (χ0n) is 15.8. The van der Waals surface area contributed by atoms with Crippen LogP contribution in [0.25, 0.3) is 0 Å². The number of ether oxygens (including phenoxy) is 3. The molecule has 3 rings (SSSR count). The van der Waals surface area contributed by atoms with E-state index in [1.165, 1.54) is 5.56 Å². The molecule has 1 saturated heterocycles. The summed E-state index contributed by atoms with van der Waals surface area (Å²) in [6.07, 6.45) is 3.76. The van der Waals surface area contributed by atoms with E-state index in [-0.39, 0.29) is 0 Å². The minimum atomic E-state index is 0.689. The number of rotatable bonds is 7. The van der Waals surface area contributed by atoms with E-state index in [1.54, 1.807) is 21.3 Å². The molecule has 1 aliphatic rings. The summed E-state index contributed by atoms with van der Waals surface area (Å²) < 4.78 is 16.3. The minimum absolute atomic E-state index is 0.689. The number of methoxy groups -OCH3 is 3. The van der Waals surface area contributed by atoms with Crippen LogP contribution >= 0.6 is 0 Å². The smallest absolute Gasteiger partial charge is 0.164 e. The van der Waals surface area contributed by atoms with Crippen molar-refractivity contribution >= 4 is 0 Å². The first-order chi connectivity index (χ1) is 12.7. The molecule has 0 N–H and O–H groups in total. The van der Waals surface area contributed by atoms with Crippen molar-refractivity contribution in [1.82, 2.24) is 14.8 Å². The second-order valence-electron chi connectivity index (χ2n) is 6.43. The molecule has 1 aliphatic heterocycles. The molecule has 0 saturated carbocycles. The molecule has 0 radical (unpaired) electrons. The summed E-state index contributed by atoms with van der Waals surface area (Å²) in [4.78, 5) is 9.12. The standard InChI is InChI=1S/C20H27N3O3/c1-24-18-12-20(26-3)19(25-2)11-17(18)15-23-9-7-22(8-10-23)14-16-5-4-6-21-13-16/h4-6,11-13H,7-10,14-15H2,1-3H3. The van der Waals surface area contributed by atoms with Crippen LogP contribution in [-0.2, 0) is 13.1 Å². The summed E-state index contributed by atoms with van der Waals surface area (Å²) in [5, 5.41) is 0. The normalized spacial score (nSPS) is 15.7. The molecule has 1 aromatic carbocycles. The van der Waals surface area contributed by atoms with Gasteiger partial charge in [-0.05, 0) is 17.7 Å². The molecule has 1 fully saturated rings. The summed E-state index contributed by atoms with van der Waals surface area (Å²) in [5.41, 5.74) is 2.38. The number of hydrogen-bond donors (Lipinski definition) is 0. The molecule has 2 heterocycles. The molecule has 1 aromatic heterocycles. The SMILES string of the molecule is COc1cc(OC)c(OC)cc1CN1CCN(Cc2cccnc2)CC1. The highest BCUT2D eigenvalue weighted by molar-refractivity contribution is 5.50. The number of hydrogen-bond acceptors (Lipinski definition) is 6. The van der Waals surface area contributed by atoms with E-state index in [0.717, 1.165) is 56.3 Å². The Labute approximate surface area is 155 Å². The summed E-state index contributed by atoms with van der Waals surface area (Å²) in [6.45, 7) is 5.94. The van der Waals surface area contributed by atoms with Crippen LogP contribution in [0.5, 0.6) is 17.2 Å². The van der Waals surface area contributed by atoms with Gasteiger partial charge in [-0.15, -0.1) is 0 Å². The van der Waals surface area contributed by atoms with E-state index in [0.29, 0.717) is 5.75 Å². The van der Waals surface area contributed by atoms with Crippen molar-refractivity contribution in [2.75, 3.05) is 47.5 Å². The zero-order valence-corrected chi connectivity index (χ0v) is 15.8. The Morgan fingerprint density at radius 3 is 2.04 bits per heavy atom. The van der Waals surface area contributed by atoms with Crippen LogP contribution in [0.1, 0.15) is 11.1 Å². The number of pyridine rings is 1. The first-order valence-corrected chi connectivity index (χ1v) is 8.86. The van der Waals surface area contributed by atoms with Crippen molar-refractivity contribution in [3.63, 3.8) is 0 Å². The van der Waals surface area contributed by atoms with Crippen molar-refractivity contribution in [1.29, 1.82) is 0 Å². The van der Waals surface area contributed by atoms with Crippen LogP contribution in [0.2, 0.25) is 0 Å². The molecule has 6 heteroatoms. The second kappa shape index (κ2) is 8.87. The van der Waals surface area contributed by atoms with Crippen LogP contribution in [0.15, 0.2) is 36.7 Å². The quantitative estimate of drug-likeness (QED) is 0.758. The molecular weight excluding hydrogens is 330 g/mol. The van der Waals surface area contributed by atoms with Gasteiger partial charge < -0.3 is 14.2 Å². The van der Waals surface area contributed by atoms with Gasteiger partial charge in [-0.2, -0.15) is 0 Å². The molecule has 0 unspecified atom stereocenters. The summed E-state index contributed by atoms with van der Waals surface area (Å²) in [5.74, 6) is 2.26. The van der Waals surface area contributed by atoms with Gasteiger partial charge >= 0.3 is 0 Å². The molecule has 2 aromatic rings. The van der Waals surface area contributed by atoms with Gasteiger partial charge in [0.05, 0.1) is 21.3 Å². The van der Waals surface area contributed by atoms with Gasteiger partial charge in [-0.3, -0.25) is 14.8 Å².